The van der Waals surface area contributed by atoms with Crippen LogP contribution in [0.1, 0.15) is 31.7 Å². The van der Waals surface area contributed by atoms with Gasteiger partial charge in [0.1, 0.15) is 0 Å². The van der Waals surface area contributed by atoms with E-state index in [0.29, 0.717) is 31.1 Å². The largest absolute Gasteiger partial charge is 0.303 e. The summed E-state index contributed by atoms with van der Waals surface area (Å²) in [5.74, 6) is 0.664. The summed E-state index contributed by atoms with van der Waals surface area (Å²) < 4.78 is 27.4. The molecule has 0 unspecified atom stereocenters. The molecule has 2 atom stereocenters. The van der Waals surface area contributed by atoms with Crippen LogP contribution in [-0.4, -0.2) is 73.9 Å². The Kier molecular flexibility index (Phi) is 5.37. The van der Waals surface area contributed by atoms with Crippen LogP contribution in [0.4, 0.5) is 0 Å². The van der Waals surface area contributed by atoms with Crippen LogP contribution in [0.3, 0.4) is 0 Å². The molecule has 0 aliphatic carbocycles. The molecular formula is C20H31N3O2S. The zero-order chi connectivity index (χ0) is 18.1. The third-order valence-electron chi connectivity index (χ3n) is 6.40. The number of hydrogen-bond acceptors (Lipinski definition) is 4. The predicted octanol–water partition coefficient (Wildman–Crippen LogP) is 2.01. The van der Waals surface area contributed by atoms with Crippen molar-refractivity contribution in [3.05, 3.63) is 35.9 Å². The first-order chi connectivity index (χ1) is 12.6. The smallest absolute Gasteiger partial charge is 0.218 e. The van der Waals surface area contributed by atoms with E-state index in [0.717, 1.165) is 12.1 Å². The van der Waals surface area contributed by atoms with Crippen LogP contribution >= 0.6 is 0 Å². The second-order valence-corrected chi connectivity index (χ2v) is 10.1. The summed E-state index contributed by atoms with van der Waals surface area (Å²) in [4.78, 5) is 5.17. The van der Waals surface area contributed by atoms with E-state index in [1.54, 1.807) is 4.31 Å². The van der Waals surface area contributed by atoms with Gasteiger partial charge in [-0.05, 0) is 44.5 Å². The first kappa shape index (κ1) is 18.4. The van der Waals surface area contributed by atoms with Gasteiger partial charge in [0.25, 0.3) is 0 Å². The Labute approximate surface area is 158 Å². The predicted molar refractivity (Wildman–Crippen MR) is 104 cm³/mol. The van der Waals surface area contributed by atoms with Crippen molar-refractivity contribution in [3.63, 3.8) is 0 Å². The van der Waals surface area contributed by atoms with Crippen molar-refractivity contribution >= 4 is 10.0 Å². The van der Waals surface area contributed by atoms with E-state index < -0.39 is 10.0 Å². The monoisotopic (exact) mass is 377 g/mol. The first-order valence-electron chi connectivity index (χ1n) is 10.1. The van der Waals surface area contributed by atoms with Gasteiger partial charge in [-0.3, -0.25) is 4.90 Å². The molecule has 3 heterocycles. The molecular weight excluding hydrogens is 346 g/mol. The van der Waals surface area contributed by atoms with Gasteiger partial charge in [0, 0.05) is 37.6 Å². The van der Waals surface area contributed by atoms with Crippen molar-refractivity contribution in [1.82, 2.24) is 14.1 Å². The second-order valence-electron chi connectivity index (χ2n) is 8.16. The number of benzene rings is 1. The van der Waals surface area contributed by atoms with Gasteiger partial charge in [0.2, 0.25) is 10.0 Å². The average molecular weight is 378 g/mol. The quantitative estimate of drug-likeness (QED) is 0.761. The molecule has 3 saturated heterocycles. The summed E-state index contributed by atoms with van der Waals surface area (Å²) in [6.07, 6.45) is 3.70. The lowest BCUT2D eigenvalue weighted by molar-refractivity contribution is -0.0168. The minimum absolute atomic E-state index is 0.128. The summed E-state index contributed by atoms with van der Waals surface area (Å²) >= 11 is 0. The summed E-state index contributed by atoms with van der Waals surface area (Å²) in [5.41, 5.74) is 0.881. The van der Waals surface area contributed by atoms with Gasteiger partial charge in [0.05, 0.1) is 5.75 Å². The molecule has 1 aromatic carbocycles. The Morgan fingerprint density at radius 2 is 1.77 bits per heavy atom. The molecule has 3 aliphatic rings. The Balaban J connectivity index is 1.33. The van der Waals surface area contributed by atoms with Crippen LogP contribution in [0.5, 0.6) is 0 Å². The number of rotatable bonds is 6. The maximum Gasteiger partial charge on any atom is 0.218 e. The molecule has 26 heavy (non-hydrogen) atoms. The van der Waals surface area contributed by atoms with Gasteiger partial charge in [-0.2, -0.15) is 4.31 Å². The standard InChI is InChI=1S/C20H31N3O2S/c1-2-10-21-11-8-19(9-12-21)23-14-18-13-22(15-20(18)23)26(24,25)16-17-6-4-3-5-7-17/h3-7,18-20H,2,8-16H2,1H3/t18-,20-/m1/s1. The van der Waals surface area contributed by atoms with Crippen LogP contribution in [0.2, 0.25) is 0 Å². The Morgan fingerprint density at radius 1 is 1.04 bits per heavy atom. The molecule has 0 bridgehead atoms. The number of sulfonamides is 1. The van der Waals surface area contributed by atoms with Crippen molar-refractivity contribution < 1.29 is 8.42 Å². The highest BCUT2D eigenvalue weighted by Gasteiger charge is 2.50. The number of likely N-dealkylation sites (tertiary alicyclic amines) is 2. The molecule has 3 fully saturated rings. The number of fused-ring (bicyclic) bond motifs is 1. The van der Waals surface area contributed by atoms with E-state index in [1.807, 2.05) is 30.3 Å². The van der Waals surface area contributed by atoms with Crippen LogP contribution in [-0.2, 0) is 15.8 Å². The molecule has 0 aromatic heterocycles. The van der Waals surface area contributed by atoms with Crippen molar-refractivity contribution in [2.45, 2.75) is 44.0 Å². The summed E-state index contributed by atoms with van der Waals surface area (Å²) in [6, 6.07) is 10.6. The van der Waals surface area contributed by atoms with Crippen LogP contribution < -0.4 is 0 Å². The van der Waals surface area contributed by atoms with Gasteiger partial charge < -0.3 is 4.90 Å². The van der Waals surface area contributed by atoms with E-state index in [9.17, 15) is 8.42 Å². The molecule has 5 nitrogen and oxygen atoms in total. The normalized spacial score (nSPS) is 28.8. The van der Waals surface area contributed by atoms with Gasteiger partial charge in [0.15, 0.2) is 0 Å². The highest BCUT2D eigenvalue weighted by atomic mass is 32.2. The summed E-state index contributed by atoms with van der Waals surface area (Å²) in [5, 5.41) is 0. The van der Waals surface area contributed by atoms with Gasteiger partial charge in [-0.1, -0.05) is 37.3 Å². The molecule has 3 aliphatic heterocycles. The minimum atomic E-state index is -3.21. The maximum absolute atomic E-state index is 12.8. The molecule has 4 rings (SSSR count). The van der Waals surface area contributed by atoms with E-state index in [2.05, 4.69) is 16.7 Å². The molecule has 6 heteroatoms. The van der Waals surface area contributed by atoms with Gasteiger partial charge in [-0.15, -0.1) is 0 Å². The first-order valence-corrected chi connectivity index (χ1v) is 11.7. The zero-order valence-electron chi connectivity index (χ0n) is 15.8. The summed E-state index contributed by atoms with van der Waals surface area (Å²) in [6.45, 7) is 8.34. The van der Waals surface area contributed by atoms with Crippen LogP contribution in [0.25, 0.3) is 0 Å². The number of nitrogens with zero attached hydrogens (tertiary/aromatic N) is 3. The maximum atomic E-state index is 12.8. The zero-order valence-corrected chi connectivity index (χ0v) is 16.6. The van der Waals surface area contributed by atoms with E-state index in [1.165, 1.54) is 38.9 Å². The molecule has 0 spiro atoms. The van der Waals surface area contributed by atoms with Crippen molar-refractivity contribution in [1.29, 1.82) is 0 Å². The SMILES string of the molecule is CCCN1CCC(N2C[C@H]3CN(S(=O)(=O)Cc4ccccc4)C[C@H]32)CC1. The Bertz CT molecular complexity index is 701. The van der Waals surface area contributed by atoms with Crippen LogP contribution in [0, 0.1) is 5.92 Å². The molecule has 0 radical (unpaired) electrons. The number of piperidine rings is 1. The topological polar surface area (TPSA) is 43.9 Å². The Morgan fingerprint density at radius 3 is 2.46 bits per heavy atom. The highest BCUT2D eigenvalue weighted by Crippen LogP contribution is 2.37. The van der Waals surface area contributed by atoms with E-state index in [4.69, 9.17) is 0 Å². The fraction of sp³-hybridized carbons (Fsp3) is 0.700. The fourth-order valence-electron chi connectivity index (χ4n) is 4.95. The third-order valence-corrected chi connectivity index (χ3v) is 8.18. The van der Waals surface area contributed by atoms with E-state index in [-0.39, 0.29) is 5.75 Å². The fourth-order valence-corrected chi connectivity index (χ4v) is 6.55. The third kappa shape index (κ3) is 3.70. The summed E-state index contributed by atoms with van der Waals surface area (Å²) in [7, 11) is -3.21. The molecule has 1 aromatic rings. The molecule has 0 saturated carbocycles. The Hall–Kier alpha value is -0.950. The average Bonchev–Trinajstić information content (AvgIpc) is 2.95. The lowest BCUT2D eigenvalue weighted by Crippen LogP contribution is -2.61. The minimum Gasteiger partial charge on any atom is -0.303 e. The number of hydrogen-bond donors (Lipinski definition) is 0. The van der Waals surface area contributed by atoms with Gasteiger partial charge in [-0.25, -0.2) is 8.42 Å². The lowest BCUT2D eigenvalue weighted by Gasteiger charge is -2.50. The van der Waals surface area contributed by atoms with E-state index >= 15 is 0 Å². The lowest BCUT2D eigenvalue weighted by atomic mass is 9.87. The highest BCUT2D eigenvalue weighted by molar-refractivity contribution is 7.88. The van der Waals surface area contributed by atoms with Crippen LogP contribution in [0.15, 0.2) is 30.3 Å². The van der Waals surface area contributed by atoms with Crippen molar-refractivity contribution in [3.8, 4) is 0 Å². The molecule has 0 amide bonds. The van der Waals surface area contributed by atoms with Gasteiger partial charge >= 0.3 is 0 Å². The van der Waals surface area contributed by atoms with Crippen molar-refractivity contribution in [2.75, 3.05) is 39.3 Å². The molecule has 144 valence electrons. The second kappa shape index (κ2) is 7.58. The van der Waals surface area contributed by atoms with Crippen molar-refractivity contribution in [2.24, 2.45) is 5.92 Å². The molecule has 0 N–H and O–H groups in total.